The second-order valence-electron chi connectivity index (χ2n) is 5.41. The third-order valence-electron chi connectivity index (χ3n) is 4.03. The highest BCUT2D eigenvalue weighted by molar-refractivity contribution is 5.92. The van der Waals surface area contributed by atoms with E-state index in [4.69, 9.17) is 18.9 Å². The summed E-state index contributed by atoms with van der Waals surface area (Å²) in [4.78, 5) is 29.1. The molecule has 1 aromatic rings. The Bertz CT molecular complexity index is 620. The van der Waals surface area contributed by atoms with E-state index < -0.39 is 5.97 Å². The van der Waals surface area contributed by atoms with Crippen LogP contribution in [0, 0.1) is 0 Å². The van der Waals surface area contributed by atoms with Gasteiger partial charge in [0.15, 0.2) is 0 Å². The van der Waals surface area contributed by atoms with Crippen molar-refractivity contribution in [3.8, 4) is 11.6 Å². The second kappa shape index (κ2) is 6.31. The lowest BCUT2D eigenvalue weighted by Crippen LogP contribution is -2.44. The molecule has 0 N–H and O–H groups in total. The van der Waals surface area contributed by atoms with Crippen LogP contribution >= 0.6 is 0 Å². The Morgan fingerprint density at radius 1 is 1.43 bits per heavy atom. The molecule has 2 atom stereocenters. The number of hydrogen-bond acceptors (Lipinski definition) is 7. The van der Waals surface area contributed by atoms with Gasteiger partial charge in [-0.1, -0.05) is 0 Å². The minimum atomic E-state index is -0.538. The molecule has 2 saturated heterocycles. The highest BCUT2D eigenvalue weighted by atomic mass is 16.6. The summed E-state index contributed by atoms with van der Waals surface area (Å²) in [5, 5.41) is 0. The summed E-state index contributed by atoms with van der Waals surface area (Å²) < 4.78 is 20.7. The van der Waals surface area contributed by atoms with E-state index in [9.17, 15) is 9.59 Å². The van der Waals surface area contributed by atoms with Gasteiger partial charge in [0, 0.05) is 25.5 Å². The number of aromatic nitrogens is 1. The van der Waals surface area contributed by atoms with Gasteiger partial charge in [0.05, 0.1) is 26.5 Å². The molecule has 0 spiro atoms. The Morgan fingerprint density at radius 2 is 2.26 bits per heavy atom. The van der Waals surface area contributed by atoms with E-state index in [0.29, 0.717) is 31.7 Å². The summed E-state index contributed by atoms with van der Waals surface area (Å²) >= 11 is 0. The van der Waals surface area contributed by atoms with Crippen LogP contribution in [-0.2, 0) is 9.47 Å². The minimum absolute atomic E-state index is 0.0486. The molecule has 8 nitrogen and oxygen atoms in total. The van der Waals surface area contributed by atoms with Crippen molar-refractivity contribution >= 4 is 12.1 Å². The maximum absolute atomic E-state index is 11.8. The number of amides is 1. The number of rotatable bonds is 4. The van der Waals surface area contributed by atoms with Crippen molar-refractivity contribution in [1.82, 2.24) is 9.88 Å². The number of methoxy groups -OCH3 is 2. The second-order valence-corrected chi connectivity index (χ2v) is 5.41. The fraction of sp³-hybridized carbons (Fsp3) is 0.533. The number of pyridine rings is 1. The Hall–Kier alpha value is -2.51. The number of esters is 1. The third kappa shape index (κ3) is 3.01. The van der Waals surface area contributed by atoms with Crippen molar-refractivity contribution in [2.24, 2.45) is 0 Å². The number of hydrogen-bond donors (Lipinski definition) is 0. The van der Waals surface area contributed by atoms with Crippen molar-refractivity contribution < 1.29 is 28.5 Å². The van der Waals surface area contributed by atoms with E-state index in [1.165, 1.54) is 20.4 Å². The normalized spacial score (nSPS) is 23.0. The topological polar surface area (TPSA) is 87.2 Å². The molecule has 2 aliphatic heterocycles. The van der Waals surface area contributed by atoms with Crippen LogP contribution in [0.25, 0.3) is 0 Å². The number of piperidine rings is 1. The zero-order valence-corrected chi connectivity index (χ0v) is 13.0. The summed E-state index contributed by atoms with van der Waals surface area (Å²) in [6, 6.07) is 1.60. The molecule has 8 heteroatoms. The van der Waals surface area contributed by atoms with E-state index in [-0.39, 0.29) is 29.7 Å². The Kier molecular flexibility index (Phi) is 4.22. The minimum Gasteiger partial charge on any atom is -0.489 e. The van der Waals surface area contributed by atoms with Gasteiger partial charge in [-0.15, -0.1) is 0 Å². The van der Waals surface area contributed by atoms with Crippen molar-refractivity contribution in [3.63, 3.8) is 0 Å². The monoisotopic (exact) mass is 322 g/mol. The van der Waals surface area contributed by atoms with Crippen molar-refractivity contribution in [3.05, 3.63) is 17.8 Å². The Morgan fingerprint density at radius 3 is 3.00 bits per heavy atom. The average molecular weight is 322 g/mol. The lowest BCUT2D eigenvalue weighted by atomic mass is 10.0. The molecule has 23 heavy (non-hydrogen) atoms. The van der Waals surface area contributed by atoms with Gasteiger partial charge in [0.2, 0.25) is 5.88 Å². The molecule has 0 unspecified atom stereocenters. The van der Waals surface area contributed by atoms with Gasteiger partial charge in [0.1, 0.15) is 24.0 Å². The molecule has 2 aliphatic rings. The highest BCUT2D eigenvalue weighted by Crippen LogP contribution is 2.28. The first kappa shape index (κ1) is 15.4. The number of fused-ring (bicyclic) bond motifs is 1. The first-order valence-corrected chi connectivity index (χ1v) is 7.34. The molecule has 0 bridgehead atoms. The van der Waals surface area contributed by atoms with Crippen LogP contribution in [0.1, 0.15) is 23.2 Å². The van der Waals surface area contributed by atoms with Crippen LogP contribution in [-0.4, -0.2) is 61.5 Å². The Labute approximate surface area is 133 Å². The third-order valence-corrected chi connectivity index (χ3v) is 4.03. The van der Waals surface area contributed by atoms with Crippen molar-refractivity contribution in [2.45, 2.75) is 25.0 Å². The smallest absolute Gasteiger partial charge is 0.410 e. The Balaban J connectivity index is 1.71. The molecule has 1 aromatic heterocycles. The molecule has 124 valence electrons. The van der Waals surface area contributed by atoms with Crippen LogP contribution < -0.4 is 9.47 Å². The lowest BCUT2D eigenvalue weighted by molar-refractivity contribution is 0.0593. The van der Waals surface area contributed by atoms with Crippen molar-refractivity contribution in [2.75, 3.05) is 27.4 Å². The molecule has 3 heterocycles. The van der Waals surface area contributed by atoms with Crippen molar-refractivity contribution in [1.29, 1.82) is 0 Å². The van der Waals surface area contributed by atoms with Gasteiger partial charge in [-0.05, 0) is 0 Å². The number of cyclic esters (lactones) is 1. The van der Waals surface area contributed by atoms with Gasteiger partial charge in [0.25, 0.3) is 0 Å². The predicted molar refractivity (Wildman–Crippen MR) is 77.6 cm³/mol. The molecular weight excluding hydrogens is 304 g/mol. The van der Waals surface area contributed by atoms with E-state index in [1.807, 2.05) is 0 Å². The lowest BCUT2D eigenvalue weighted by Gasteiger charge is -2.32. The zero-order chi connectivity index (χ0) is 16.4. The maximum atomic E-state index is 11.8. The van der Waals surface area contributed by atoms with Crippen LogP contribution in [0.3, 0.4) is 0 Å². The number of nitrogens with zero attached hydrogens (tertiary/aromatic N) is 2. The molecule has 0 radical (unpaired) electrons. The maximum Gasteiger partial charge on any atom is 0.410 e. The molecule has 0 aromatic carbocycles. The number of ether oxygens (including phenoxy) is 4. The SMILES string of the molecule is COC(=O)c1cc(O[C@H]2CCN3C(=O)OC[C@@H]3C2)cnc1OC. The number of carbonyl (C=O) groups is 2. The summed E-state index contributed by atoms with van der Waals surface area (Å²) in [5.41, 5.74) is 0.212. The summed E-state index contributed by atoms with van der Waals surface area (Å²) in [7, 11) is 2.73. The van der Waals surface area contributed by atoms with E-state index >= 15 is 0 Å². The predicted octanol–water partition coefficient (Wildman–Crippen LogP) is 1.24. The highest BCUT2D eigenvalue weighted by Gasteiger charge is 2.39. The molecule has 0 saturated carbocycles. The average Bonchev–Trinajstić information content (AvgIpc) is 2.94. The van der Waals surface area contributed by atoms with Crippen LogP contribution in [0.4, 0.5) is 4.79 Å². The van der Waals surface area contributed by atoms with Gasteiger partial charge in [-0.3, -0.25) is 0 Å². The van der Waals surface area contributed by atoms with Gasteiger partial charge < -0.3 is 23.8 Å². The molecular formula is C15H18N2O6. The van der Waals surface area contributed by atoms with Crippen LogP contribution in [0.2, 0.25) is 0 Å². The summed E-state index contributed by atoms with van der Waals surface area (Å²) in [6.07, 6.45) is 2.57. The van der Waals surface area contributed by atoms with E-state index in [2.05, 4.69) is 4.98 Å². The molecule has 2 fully saturated rings. The van der Waals surface area contributed by atoms with Crippen LogP contribution in [0.5, 0.6) is 11.6 Å². The largest absolute Gasteiger partial charge is 0.489 e. The molecule has 3 rings (SSSR count). The standard InChI is InChI=1S/C15H18N2O6/c1-20-13-12(14(18)21-2)6-11(7-16-13)23-10-3-4-17-9(5-10)8-22-15(17)19/h6-7,9-10H,3-5,8H2,1-2H3/t9-,10-/m0/s1. The van der Waals surface area contributed by atoms with Gasteiger partial charge in [-0.2, -0.15) is 0 Å². The first-order valence-electron chi connectivity index (χ1n) is 7.34. The first-order chi connectivity index (χ1) is 11.1. The summed E-state index contributed by atoms with van der Waals surface area (Å²) in [5.74, 6) is 0.119. The van der Waals surface area contributed by atoms with E-state index in [1.54, 1.807) is 11.0 Å². The molecule has 1 amide bonds. The quantitative estimate of drug-likeness (QED) is 0.771. The number of carbonyl (C=O) groups excluding carboxylic acids is 2. The van der Waals surface area contributed by atoms with Gasteiger partial charge >= 0.3 is 12.1 Å². The van der Waals surface area contributed by atoms with Crippen LogP contribution in [0.15, 0.2) is 12.3 Å². The van der Waals surface area contributed by atoms with E-state index in [0.717, 1.165) is 0 Å². The fourth-order valence-electron chi connectivity index (χ4n) is 2.88. The fourth-order valence-corrected chi connectivity index (χ4v) is 2.88. The van der Waals surface area contributed by atoms with Gasteiger partial charge in [-0.25, -0.2) is 14.6 Å². The molecule has 0 aliphatic carbocycles. The zero-order valence-electron chi connectivity index (χ0n) is 13.0. The summed E-state index contributed by atoms with van der Waals surface area (Å²) in [6.45, 7) is 0.995.